The third-order valence-electron chi connectivity index (χ3n) is 2.31. The Balaban J connectivity index is 3.29. The molecule has 0 saturated heterocycles. The second-order valence-electron chi connectivity index (χ2n) is 2.90. The summed E-state index contributed by atoms with van der Waals surface area (Å²) in [6.45, 7) is 8.02. The summed E-state index contributed by atoms with van der Waals surface area (Å²) in [7, 11) is -0.545. The standard InChI is InChI=1S/C10H13ClSi/c1-4-9-5-6-10(12-11)8(3)7(9)2/h4-6H,1,12H2,2-3H3. The van der Waals surface area contributed by atoms with E-state index in [4.69, 9.17) is 11.1 Å². The molecule has 0 aliphatic heterocycles. The van der Waals surface area contributed by atoms with Gasteiger partial charge in [-0.15, -0.1) is 0 Å². The molecule has 0 saturated carbocycles. The summed E-state index contributed by atoms with van der Waals surface area (Å²) >= 11 is 5.91. The molecule has 1 rings (SSSR count). The molecule has 0 fully saturated rings. The van der Waals surface area contributed by atoms with Crippen molar-refractivity contribution in [2.75, 3.05) is 0 Å². The molecule has 0 unspecified atom stereocenters. The highest BCUT2D eigenvalue weighted by atomic mass is 35.6. The third kappa shape index (κ3) is 1.62. The molecule has 0 aliphatic carbocycles. The quantitative estimate of drug-likeness (QED) is 0.501. The molecule has 0 nitrogen and oxygen atoms in total. The van der Waals surface area contributed by atoms with Crippen molar-refractivity contribution in [1.82, 2.24) is 0 Å². The molecule has 1 aromatic carbocycles. The van der Waals surface area contributed by atoms with Crippen LogP contribution in [0.5, 0.6) is 0 Å². The lowest BCUT2D eigenvalue weighted by molar-refractivity contribution is 1.35. The highest BCUT2D eigenvalue weighted by Crippen LogP contribution is 2.11. The van der Waals surface area contributed by atoms with Gasteiger partial charge in [0.25, 0.3) is 0 Å². The van der Waals surface area contributed by atoms with E-state index in [0.717, 1.165) is 0 Å². The zero-order valence-corrected chi connectivity index (χ0v) is 9.69. The van der Waals surface area contributed by atoms with E-state index in [9.17, 15) is 0 Å². The normalized spacial score (nSPS) is 10.9. The van der Waals surface area contributed by atoms with Crippen LogP contribution < -0.4 is 5.19 Å². The molecule has 0 radical (unpaired) electrons. The fourth-order valence-electron chi connectivity index (χ4n) is 1.26. The van der Waals surface area contributed by atoms with Crippen LogP contribution in [0, 0.1) is 13.8 Å². The second-order valence-corrected chi connectivity index (χ2v) is 4.73. The van der Waals surface area contributed by atoms with E-state index in [1.807, 2.05) is 6.08 Å². The van der Waals surface area contributed by atoms with Gasteiger partial charge in [-0.25, -0.2) is 0 Å². The lowest BCUT2D eigenvalue weighted by atomic mass is 10.0. The van der Waals surface area contributed by atoms with Gasteiger partial charge < -0.3 is 0 Å². The van der Waals surface area contributed by atoms with Crippen LogP contribution in [0.25, 0.3) is 6.08 Å². The van der Waals surface area contributed by atoms with Crippen LogP contribution in [0.2, 0.25) is 0 Å². The van der Waals surface area contributed by atoms with Gasteiger partial charge in [-0.05, 0) is 35.7 Å². The Labute approximate surface area is 80.8 Å². The fourth-order valence-corrected chi connectivity index (χ4v) is 2.80. The summed E-state index contributed by atoms with van der Waals surface area (Å²) in [5.74, 6) is 0. The van der Waals surface area contributed by atoms with Gasteiger partial charge >= 0.3 is 0 Å². The minimum Gasteiger partial charge on any atom is -0.170 e. The third-order valence-corrected chi connectivity index (χ3v) is 4.22. The van der Waals surface area contributed by atoms with Gasteiger partial charge in [0.1, 0.15) is 0 Å². The van der Waals surface area contributed by atoms with Gasteiger partial charge in [0.05, 0.1) is 0 Å². The van der Waals surface area contributed by atoms with Gasteiger partial charge in [0, 0.05) is 0 Å². The largest absolute Gasteiger partial charge is 0.170 e. The Morgan fingerprint density at radius 3 is 2.50 bits per heavy atom. The summed E-state index contributed by atoms with van der Waals surface area (Å²) in [4.78, 5) is 0. The van der Waals surface area contributed by atoms with Crippen LogP contribution in [-0.4, -0.2) is 8.83 Å². The summed E-state index contributed by atoms with van der Waals surface area (Å²) in [6, 6.07) is 4.22. The van der Waals surface area contributed by atoms with Crippen molar-refractivity contribution in [2.24, 2.45) is 0 Å². The van der Waals surface area contributed by atoms with Crippen LogP contribution in [0.15, 0.2) is 18.7 Å². The Morgan fingerprint density at radius 1 is 1.33 bits per heavy atom. The van der Waals surface area contributed by atoms with Gasteiger partial charge in [-0.2, -0.15) is 11.1 Å². The van der Waals surface area contributed by atoms with Crippen LogP contribution in [0.4, 0.5) is 0 Å². The molecule has 0 spiro atoms. The van der Waals surface area contributed by atoms with E-state index in [1.165, 1.54) is 21.9 Å². The monoisotopic (exact) mass is 196 g/mol. The fraction of sp³-hybridized carbons (Fsp3) is 0.200. The van der Waals surface area contributed by atoms with Crippen LogP contribution in [0.1, 0.15) is 16.7 Å². The lowest BCUT2D eigenvalue weighted by Gasteiger charge is -2.08. The zero-order chi connectivity index (χ0) is 9.14. The molecule has 0 aliphatic rings. The van der Waals surface area contributed by atoms with Crippen molar-refractivity contribution < 1.29 is 0 Å². The highest BCUT2D eigenvalue weighted by Gasteiger charge is 2.02. The van der Waals surface area contributed by atoms with E-state index < -0.39 is 8.83 Å². The molecular formula is C10H13ClSi. The van der Waals surface area contributed by atoms with E-state index in [1.54, 1.807) is 0 Å². The van der Waals surface area contributed by atoms with Gasteiger partial charge in [0.2, 0.25) is 0 Å². The molecule has 0 aromatic heterocycles. The van der Waals surface area contributed by atoms with E-state index in [-0.39, 0.29) is 0 Å². The number of halogens is 1. The first kappa shape index (κ1) is 9.55. The lowest BCUT2D eigenvalue weighted by Crippen LogP contribution is -2.14. The Hall–Kier alpha value is -0.533. The molecule has 2 heteroatoms. The average molecular weight is 197 g/mol. The smallest absolute Gasteiger partial charge is 0.156 e. The average Bonchev–Trinajstić information content (AvgIpc) is 2.10. The topological polar surface area (TPSA) is 0 Å². The number of hydrogen-bond acceptors (Lipinski definition) is 0. The molecule has 0 atom stereocenters. The van der Waals surface area contributed by atoms with E-state index in [2.05, 4.69) is 32.6 Å². The zero-order valence-electron chi connectivity index (χ0n) is 7.52. The predicted molar refractivity (Wildman–Crippen MR) is 60.0 cm³/mol. The minimum atomic E-state index is -0.545. The summed E-state index contributed by atoms with van der Waals surface area (Å²) in [5, 5.41) is 1.35. The molecular weight excluding hydrogens is 184 g/mol. The first-order valence-corrected chi connectivity index (χ1v) is 6.82. The molecule has 12 heavy (non-hydrogen) atoms. The summed E-state index contributed by atoms with van der Waals surface area (Å²) in [5.41, 5.74) is 3.88. The van der Waals surface area contributed by atoms with Crippen LogP contribution >= 0.6 is 11.1 Å². The summed E-state index contributed by atoms with van der Waals surface area (Å²) in [6.07, 6.45) is 1.89. The SMILES string of the molecule is C=Cc1ccc([SiH2]Cl)c(C)c1C. The molecule has 0 N–H and O–H groups in total. The highest BCUT2D eigenvalue weighted by molar-refractivity contribution is 7.01. The van der Waals surface area contributed by atoms with Gasteiger partial charge in [0.15, 0.2) is 8.83 Å². The maximum absolute atomic E-state index is 5.91. The van der Waals surface area contributed by atoms with Crippen molar-refractivity contribution in [3.05, 3.63) is 35.4 Å². The van der Waals surface area contributed by atoms with E-state index >= 15 is 0 Å². The first-order chi connectivity index (χ1) is 5.70. The number of benzene rings is 1. The number of rotatable bonds is 2. The number of hydrogen-bond donors (Lipinski definition) is 0. The molecule has 0 bridgehead atoms. The molecule has 0 amide bonds. The minimum absolute atomic E-state index is 0.545. The van der Waals surface area contributed by atoms with Crippen molar-refractivity contribution in [2.45, 2.75) is 13.8 Å². The summed E-state index contributed by atoms with van der Waals surface area (Å²) < 4.78 is 0. The molecule has 64 valence electrons. The van der Waals surface area contributed by atoms with Crippen molar-refractivity contribution in [1.29, 1.82) is 0 Å². The Morgan fingerprint density at radius 2 is 2.00 bits per heavy atom. The molecule has 0 heterocycles. The van der Waals surface area contributed by atoms with Gasteiger partial charge in [-0.1, -0.05) is 24.8 Å². The van der Waals surface area contributed by atoms with Crippen molar-refractivity contribution in [3.8, 4) is 0 Å². The molecule has 1 aromatic rings. The first-order valence-electron chi connectivity index (χ1n) is 3.98. The van der Waals surface area contributed by atoms with Crippen LogP contribution in [-0.2, 0) is 0 Å². The van der Waals surface area contributed by atoms with Crippen LogP contribution in [0.3, 0.4) is 0 Å². The van der Waals surface area contributed by atoms with Crippen molar-refractivity contribution in [3.63, 3.8) is 0 Å². The van der Waals surface area contributed by atoms with E-state index in [0.29, 0.717) is 0 Å². The Bertz CT molecular complexity index is 305. The predicted octanol–water partition coefficient (Wildman–Crippen LogP) is 1.89. The maximum Gasteiger partial charge on any atom is 0.156 e. The maximum atomic E-state index is 5.91. The Kier molecular flexibility index (Phi) is 3.12. The van der Waals surface area contributed by atoms with Gasteiger partial charge in [-0.3, -0.25) is 0 Å². The second kappa shape index (κ2) is 3.92. The van der Waals surface area contributed by atoms with Crippen molar-refractivity contribution >= 4 is 31.2 Å².